The first kappa shape index (κ1) is 12.1. The Morgan fingerprint density at radius 3 is 2.83 bits per heavy atom. The van der Waals surface area contributed by atoms with Gasteiger partial charge >= 0.3 is 5.97 Å². The molecule has 2 aromatic rings. The second kappa shape index (κ2) is 4.87. The summed E-state index contributed by atoms with van der Waals surface area (Å²) in [6.45, 7) is 2.18. The van der Waals surface area contributed by atoms with Crippen molar-refractivity contribution in [3.05, 3.63) is 41.6 Å². The van der Waals surface area contributed by atoms with Crippen molar-refractivity contribution in [2.75, 3.05) is 5.32 Å². The van der Waals surface area contributed by atoms with Gasteiger partial charge in [-0.05, 0) is 18.6 Å². The maximum Gasteiger partial charge on any atom is 0.339 e. The van der Waals surface area contributed by atoms with Crippen LogP contribution in [-0.2, 0) is 13.6 Å². The molecule has 18 heavy (non-hydrogen) atoms. The predicted molar refractivity (Wildman–Crippen MR) is 66.5 cm³/mol. The van der Waals surface area contributed by atoms with Crippen LogP contribution in [0.25, 0.3) is 0 Å². The van der Waals surface area contributed by atoms with Crippen molar-refractivity contribution in [2.24, 2.45) is 7.05 Å². The van der Waals surface area contributed by atoms with Crippen LogP contribution in [0.4, 0.5) is 5.82 Å². The zero-order valence-corrected chi connectivity index (χ0v) is 10.2. The van der Waals surface area contributed by atoms with Crippen LogP contribution in [0.15, 0.2) is 24.7 Å². The average Bonchev–Trinajstić information content (AvgIpc) is 2.71. The Labute approximate surface area is 104 Å². The summed E-state index contributed by atoms with van der Waals surface area (Å²) in [7, 11) is 1.88. The van der Waals surface area contributed by atoms with Gasteiger partial charge in [0.1, 0.15) is 17.2 Å². The van der Waals surface area contributed by atoms with Crippen LogP contribution in [0.1, 0.15) is 21.7 Å². The van der Waals surface area contributed by atoms with Gasteiger partial charge in [-0.3, -0.25) is 0 Å². The Morgan fingerprint density at radius 2 is 2.22 bits per heavy atom. The second-order valence-electron chi connectivity index (χ2n) is 3.96. The summed E-state index contributed by atoms with van der Waals surface area (Å²) >= 11 is 0. The summed E-state index contributed by atoms with van der Waals surface area (Å²) in [5.74, 6) is 0.197. The van der Waals surface area contributed by atoms with Gasteiger partial charge in [-0.15, -0.1) is 0 Å². The zero-order chi connectivity index (χ0) is 13.1. The Kier molecular flexibility index (Phi) is 3.27. The number of aromatic carboxylic acids is 1. The smallest absolute Gasteiger partial charge is 0.339 e. The number of nitrogens with zero attached hydrogens (tertiary/aromatic N) is 3. The van der Waals surface area contributed by atoms with Crippen LogP contribution in [0, 0.1) is 6.92 Å². The fourth-order valence-corrected chi connectivity index (χ4v) is 1.69. The van der Waals surface area contributed by atoms with E-state index in [0.29, 0.717) is 17.9 Å². The Bertz CT molecular complexity index is 577. The predicted octanol–water partition coefficient (Wildman–Crippen LogP) is 1.43. The number of hydrogen-bond acceptors (Lipinski definition) is 4. The van der Waals surface area contributed by atoms with Crippen molar-refractivity contribution < 1.29 is 9.90 Å². The SMILES string of the molecule is Cc1ccnc(NCc2nccn2C)c1C(=O)O. The highest BCUT2D eigenvalue weighted by Crippen LogP contribution is 2.17. The molecule has 0 aromatic carbocycles. The van der Waals surface area contributed by atoms with E-state index in [-0.39, 0.29) is 5.56 Å². The number of nitrogens with one attached hydrogen (secondary N) is 1. The summed E-state index contributed by atoms with van der Waals surface area (Å²) in [5, 5.41) is 12.2. The number of carboxylic acids is 1. The first-order valence-corrected chi connectivity index (χ1v) is 5.48. The molecule has 2 heterocycles. The maximum absolute atomic E-state index is 11.2. The molecule has 0 aliphatic rings. The van der Waals surface area contributed by atoms with Gasteiger partial charge in [0, 0.05) is 25.6 Å². The number of imidazole rings is 1. The number of aryl methyl sites for hydroxylation is 2. The minimum Gasteiger partial charge on any atom is -0.478 e. The fourth-order valence-electron chi connectivity index (χ4n) is 1.69. The molecule has 6 heteroatoms. The summed E-state index contributed by atoms with van der Waals surface area (Å²) in [6, 6.07) is 1.68. The maximum atomic E-state index is 11.2. The van der Waals surface area contributed by atoms with Gasteiger partial charge in [-0.25, -0.2) is 14.8 Å². The van der Waals surface area contributed by atoms with Gasteiger partial charge in [0.25, 0.3) is 0 Å². The van der Waals surface area contributed by atoms with Crippen LogP contribution in [0.2, 0.25) is 0 Å². The van der Waals surface area contributed by atoms with E-state index in [0.717, 1.165) is 5.82 Å². The first-order chi connectivity index (χ1) is 8.59. The van der Waals surface area contributed by atoms with E-state index in [1.165, 1.54) is 0 Å². The molecule has 2 aromatic heterocycles. The van der Waals surface area contributed by atoms with Crippen molar-refractivity contribution in [3.8, 4) is 0 Å². The van der Waals surface area contributed by atoms with Gasteiger partial charge in [-0.1, -0.05) is 0 Å². The highest BCUT2D eigenvalue weighted by atomic mass is 16.4. The third kappa shape index (κ3) is 2.32. The van der Waals surface area contributed by atoms with Crippen LogP contribution in [0.3, 0.4) is 0 Å². The van der Waals surface area contributed by atoms with E-state index in [4.69, 9.17) is 5.11 Å². The number of hydrogen-bond donors (Lipinski definition) is 2. The molecular weight excluding hydrogens is 232 g/mol. The Morgan fingerprint density at radius 1 is 1.44 bits per heavy atom. The number of pyridine rings is 1. The van der Waals surface area contributed by atoms with Crippen LogP contribution >= 0.6 is 0 Å². The molecule has 0 amide bonds. The lowest BCUT2D eigenvalue weighted by atomic mass is 10.1. The molecule has 2 N–H and O–H groups in total. The summed E-state index contributed by atoms with van der Waals surface area (Å²) in [4.78, 5) is 19.4. The zero-order valence-electron chi connectivity index (χ0n) is 10.2. The quantitative estimate of drug-likeness (QED) is 0.853. The third-order valence-corrected chi connectivity index (χ3v) is 2.71. The molecule has 0 fully saturated rings. The molecule has 6 nitrogen and oxygen atoms in total. The number of carboxylic acid groups (broad SMARTS) is 1. The van der Waals surface area contributed by atoms with Gasteiger partial charge in [0.05, 0.1) is 6.54 Å². The summed E-state index contributed by atoms with van der Waals surface area (Å²) in [6.07, 6.45) is 5.11. The van der Waals surface area contributed by atoms with Crippen molar-refractivity contribution in [1.29, 1.82) is 0 Å². The minimum atomic E-state index is -0.983. The number of anilines is 1. The molecule has 0 aliphatic heterocycles. The lowest BCUT2D eigenvalue weighted by Crippen LogP contribution is -2.12. The Balaban J connectivity index is 2.22. The van der Waals surface area contributed by atoms with Crippen LogP contribution in [0.5, 0.6) is 0 Å². The molecule has 0 unspecified atom stereocenters. The molecule has 0 saturated carbocycles. The van der Waals surface area contributed by atoms with E-state index >= 15 is 0 Å². The van der Waals surface area contributed by atoms with E-state index in [9.17, 15) is 4.79 Å². The number of aromatic nitrogens is 3. The molecule has 0 atom stereocenters. The van der Waals surface area contributed by atoms with Crippen molar-refractivity contribution in [1.82, 2.24) is 14.5 Å². The van der Waals surface area contributed by atoms with Crippen molar-refractivity contribution >= 4 is 11.8 Å². The van der Waals surface area contributed by atoms with Crippen molar-refractivity contribution in [3.63, 3.8) is 0 Å². The number of carbonyl (C=O) groups is 1. The monoisotopic (exact) mass is 246 g/mol. The van der Waals surface area contributed by atoms with Crippen LogP contribution < -0.4 is 5.32 Å². The van der Waals surface area contributed by atoms with Crippen molar-refractivity contribution in [2.45, 2.75) is 13.5 Å². The second-order valence-corrected chi connectivity index (χ2v) is 3.96. The third-order valence-electron chi connectivity index (χ3n) is 2.71. The van der Waals surface area contributed by atoms with Crippen LogP contribution in [-0.4, -0.2) is 25.6 Å². The fraction of sp³-hybridized carbons (Fsp3) is 0.250. The van der Waals surface area contributed by atoms with E-state index in [2.05, 4.69) is 15.3 Å². The highest BCUT2D eigenvalue weighted by Gasteiger charge is 2.14. The van der Waals surface area contributed by atoms with Gasteiger partial charge < -0.3 is 15.0 Å². The minimum absolute atomic E-state index is 0.201. The summed E-state index contributed by atoms with van der Waals surface area (Å²) in [5.41, 5.74) is 0.881. The normalized spacial score (nSPS) is 10.3. The van der Waals surface area contributed by atoms with E-state index in [1.807, 2.05) is 17.8 Å². The average molecular weight is 246 g/mol. The van der Waals surface area contributed by atoms with E-state index < -0.39 is 5.97 Å². The Hall–Kier alpha value is -2.37. The molecular formula is C12H14N4O2. The van der Waals surface area contributed by atoms with Gasteiger partial charge in [-0.2, -0.15) is 0 Å². The highest BCUT2D eigenvalue weighted by molar-refractivity contribution is 5.94. The van der Waals surface area contributed by atoms with Gasteiger partial charge in [0.2, 0.25) is 0 Å². The molecule has 0 aliphatic carbocycles. The molecule has 0 radical (unpaired) electrons. The standard InChI is InChI=1S/C12H14N4O2/c1-8-3-4-14-11(10(8)12(17)18)15-7-9-13-5-6-16(9)2/h3-6H,7H2,1-2H3,(H,14,15)(H,17,18). The summed E-state index contributed by atoms with van der Waals surface area (Å²) < 4.78 is 1.86. The van der Waals surface area contributed by atoms with Gasteiger partial charge in [0.15, 0.2) is 0 Å². The lowest BCUT2D eigenvalue weighted by molar-refractivity contribution is 0.0697. The first-order valence-electron chi connectivity index (χ1n) is 5.48. The number of rotatable bonds is 4. The largest absolute Gasteiger partial charge is 0.478 e. The lowest BCUT2D eigenvalue weighted by Gasteiger charge is -2.10. The molecule has 2 rings (SSSR count). The molecule has 94 valence electrons. The molecule has 0 bridgehead atoms. The topological polar surface area (TPSA) is 80.0 Å². The molecule has 0 saturated heterocycles. The molecule has 0 spiro atoms. The van der Waals surface area contributed by atoms with E-state index in [1.54, 1.807) is 25.4 Å².